The number of ether oxygens (including phenoxy) is 1. The fourth-order valence-corrected chi connectivity index (χ4v) is 5.74. The van der Waals surface area contributed by atoms with Gasteiger partial charge in [-0.1, -0.05) is 29.3 Å². The molecule has 2 aromatic heterocycles. The molecular weight excluding hydrogens is 515 g/mol. The minimum Gasteiger partial charge on any atom is -0.437 e. The van der Waals surface area contributed by atoms with Gasteiger partial charge >= 0.3 is 0 Å². The van der Waals surface area contributed by atoms with E-state index in [2.05, 4.69) is 10.3 Å². The number of amides is 1. The number of aryl methyl sites for hydroxylation is 1. The molecule has 1 saturated heterocycles. The highest BCUT2D eigenvalue weighted by atomic mass is 35.5. The van der Waals surface area contributed by atoms with Crippen LogP contribution < -0.4 is 15.6 Å². The molecule has 0 unspecified atom stereocenters. The van der Waals surface area contributed by atoms with Crippen molar-refractivity contribution in [2.75, 3.05) is 11.5 Å². The Morgan fingerprint density at radius 2 is 2.11 bits per heavy atom. The normalized spacial score (nSPS) is 17.2. The summed E-state index contributed by atoms with van der Waals surface area (Å²) in [6, 6.07) is 9.07. The summed E-state index contributed by atoms with van der Waals surface area (Å²) in [4.78, 5) is 30.5. The third-order valence-electron chi connectivity index (χ3n) is 5.37. The minimum atomic E-state index is -3.24. The van der Waals surface area contributed by atoms with Crippen LogP contribution in [0.4, 0.5) is 0 Å². The van der Waals surface area contributed by atoms with E-state index < -0.39 is 32.9 Å². The fraction of sp³-hybridized carbons (Fsp3) is 0.217. The van der Waals surface area contributed by atoms with Gasteiger partial charge in [0.25, 0.3) is 11.5 Å². The van der Waals surface area contributed by atoms with Crippen molar-refractivity contribution in [3.8, 4) is 17.7 Å². The molecule has 3 aromatic rings. The number of sulfone groups is 1. The predicted octanol–water partition coefficient (Wildman–Crippen LogP) is 3.31. The minimum absolute atomic E-state index is 0.0430. The summed E-state index contributed by atoms with van der Waals surface area (Å²) in [6.07, 6.45) is 2.82. The first-order chi connectivity index (χ1) is 16.6. The maximum atomic E-state index is 13.4. The number of aromatic nitrogens is 2. The van der Waals surface area contributed by atoms with E-state index in [1.54, 1.807) is 31.2 Å². The lowest BCUT2D eigenvalue weighted by molar-refractivity contribution is -0.117. The number of carbonyl (C=O) groups is 1. The molecule has 0 saturated carbocycles. The zero-order chi connectivity index (χ0) is 25.3. The Labute approximate surface area is 210 Å². The van der Waals surface area contributed by atoms with E-state index >= 15 is 0 Å². The molecule has 9 nitrogen and oxygen atoms in total. The summed E-state index contributed by atoms with van der Waals surface area (Å²) >= 11 is 12.2. The molecule has 1 amide bonds. The lowest BCUT2D eigenvalue weighted by Crippen LogP contribution is -2.36. The average Bonchev–Trinajstić information content (AvgIpc) is 3.14. The van der Waals surface area contributed by atoms with Gasteiger partial charge in [-0.3, -0.25) is 14.0 Å². The topological polar surface area (TPSA) is 131 Å². The molecule has 1 fully saturated rings. The second-order valence-corrected chi connectivity index (χ2v) is 11.0. The molecule has 1 aliphatic heterocycles. The Bertz CT molecular complexity index is 1590. The van der Waals surface area contributed by atoms with Crippen molar-refractivity contribution in [2.24, 2.45) is 0 Å². The first-order valence-corrected chi connectivity index (χ1v) is 12.9. The zero-order valence-electron chi connectivity index (χ0n) is 18.3. The molecule has 1 aromatic carbocycles. The molecule has 12 heteroatoms. The van der Waals surface area contributed by atoms with E-state index in [0.29, 0.717) is 16.2 Å². The summed E-state index contributed by atoms with van der Waals surface area (Å²) in [6.45, 7) is 1.76. The van der Waals surface area contributed by atoms with Crippen molar-refractivity contribution in [1.82, 2.24) is 14.7 Å². The fourth-order valence-electron chi connectivity index (χ4n) is 3.62. The molecule has 0 radical (unpaired) electrons. The van der Waals surface area contributed by atoms with Gasteiger partial charge in [-0.2, -0.15) is 10.2 Å². The SMILES string of the molecule is Cc1cccn2c(=O)c(/C=C(\C#N)C(=O)N[C@H]3CCS(=O)(=O)C3)c(Oc3ccc(Cl)cc3Cl)nc12. The summed E-state index contributed by atoms with van der Waals surface area (Å²) in [7, 11) is -3.24. The van der Waals surface area contributed by atoms with Crippen LogP contribution in [0, 0.1) is 18.3 Å². The van der Waals surface area contributed by atoms with E-state index in [4.69, 9.17) is 27.9 Å². The smallest absolute Gasteiger partial charge is 0.269 e. The molecule has 35 heavy (non-hydrogen) atoms. The number of hydrogen-bond acceptors (Lipinski definition) is 7. The number of hydrogen-bond donors (Lipinski definition) is 1. The Morgan fingerprint density at radius 3 is 2.77 bits per heavy atom. The van der Waals surface area contributed by atoms with Crippen LogP contribution in [0.5, 0.6) is 11.6 Å². The second-order valence-electron chi connectivity index (χ2n) is 7.94. The first-order valence-electron chi connectivity index (χ1n) is 10.4. The molecule has 1 atom stereocenters. The zero-order valence-corrected chi connectivity index (χ0v) is 20.6. The van der Waals surface area contributed by atoms with Gasteiger partial charge in [0.15, 0.2) is 9.84 Å². The molecular formula is C23H18Cl2N4O5S. The van der Waals surface area contributed by atoms with E-state index in [1.165, 1.54) is 22.7 Å². The van der Waals surface area contributed by atoms with Crippen LogP contribution in [0.3, 0.4) is 0 Å². The molecule has 4 rings (SSSR count). The monoisotopic (exact) mass is 532 g/mol. The molecule has 1 aliphatic rings. The van der Waals surface area contributed by atoms with Crippen LogP contribution in [0.25, 0.3) is 11.7 Å². The molecule has 0 spiro atoms. The largest absolute Gasteiger partial charge is 0.437 e. The van der Waals surface area contributed by atoms with Crippen molar-refractivity contribution in [3.63, 3.8) is 0 Å². The van der Waals surface area contributed by atoms with Gasteiger partial charge in [0.2, 0.25) is 5.88 Å². The van der Waals surface area contributed by atoms with Crippen LogP contribution in [0.15, 0.2) is 46.9 Å². The predicted molar refractivity (Wildman–Crippen MR) is 132 cm³/mol. The highest BCUT2D eigenvalue weighted by molar-refractivity contribution is 7.91. The standard InChI is InChI=1S/C23H18Cl2N4O5S/c1-13-3-2-7-29-20(13)28-22(34-19-5-4-15(24)10-18(19)25)17(23(29)31)9-14(11-26)21(30)27-16-6-8-35(32,33)12-16/h2-5,7,9-10,16H,6,8,12H2,1H3,(H,27,30)/b14-9+/t16-/m0/s1. The Kier molecular flexibility index (Phi) is 6.85. The number of benzene rings is 1. The van der Waals surface area contributed by atoms with Crippen molar-refractivity contribution in [2.45, 2.75) is 19.4 Å². The van der Waals surface area contributed by atoms with E-state index in [0.717, 1.165) is 6.08 Å². The van der Waals surface area contributed by atoms with Gasteiger partial charge in [0, 0.05) is 17.3 Å². The first kappa shape index (κ1) is 24.7. The molecule has 0 bridgehead atoms. The van der Waals surface area contributed by atoms with E-state index in [9.17, 15) is 23.3 Å². The average molecular weight is 533 g/mol. The number of nitrogens with zero attached hydrogens (tertiary/aromatic N) is 3. The highest BCUT2D eigenvalue weighted by Crippen LogP contribution is 2.32. The summed E-state index contributed by atoms with van der Waals surface area (Å²) in [5, 5.41) is 12.7. The summed E-state index contributed by atoms with van der Waals surface area (Å²) in [5.41, 5.74) is -0.151. The highest BCUT2D eigenvalue weighted by Gasteiger charge is 2.30. The van der Waals surface area contributed by atoms with Crippen LogP contribution in [0.2, 0.25) is 10.0 Å². The number of rotatable bonds is 5. The third kappa shape index (κ3) is 5.32. The quantitative estimate of drug-likeness (QED) is 0.393. The summed E-state index contributed by atoms with van der Waals surface area (Å²) < 4.78 is 30.5. The Hall–Kier alpha value is -3.39. The molecule has 3 heterocycles. The van der Waals surface area contributed by atoms with Gasteiger partial charge in [-0.15, -0.1) is 0 Å². The van der Waals surface area contributed by atoms with Gasteiger partial charge in [0.05, 0.1) is 16.5 Å². The second kappa shape index (κ2) is 9.70. The maximum absolute atomic E-state index is 13.4. The van der Waals surface area contributed by atoms with Crippen molar-refractivity contribution >= 4 is 50.7 Å². The van der Waals surface area contributed by atoms with Crippen molar-refractivity contribution < 1.29 is 17.9 Å². The van der Waals surface area contributed by atoms with Gasteiger partial charge in [-0.05, 0) is 49.2 Å². The number of carbonyl (C=O) groups excluding carboxylic acids is 1. The lowest BCUT2D eigenvalue weighted by Gasteiger charge is -2.13. The number of pyridine rings is 1. The van der Waals surface area contributed by atoms with Crippen LogP contribution in [-0.4, -0.2) is 41.3 Å². The van der Waals surface area contributed by atoms with Gasteiger partial charge < -0.3 is 10.1 Å². The third-order valence-corrected chi connectivity index (χ3v) is 7.67. The van der Waals surface area contributed by atoms with Gasteiger partial charge in [-0.25, -0.2) is 8.42 Å². The summed E-state index contributed by atoms with van der Waals surface area (Å²) in [5.74, 6) is -1.06. The number of nitriles is 1. The number of halogens is 2. The number of fused-ring (bicyclic) bond motifs is 1. The molecule has 0 aliphatic carbocycles. The van der Waals surface area contributed by atoms with E-state index in [-0.39, 0.29) is 40.1 Å². The number of nitrogens with one attached hydrogen (secondary N) is 1. The molecule has 1 N–H and O–H groups in total. The maximum Gasteiger partial charge on any atom is 0.269 e. The Balaban J connectivity index is 1.81. The van der Waals surface area contributed by atoms with Crippen molar-refractivity contribution in [1.29, 1.82) is 5.26 Å². The van der Waals surface area contributed by atoms with E-state index in [1.807, 2.05) is 0 Å². The molecule has 180 valence electrons. The van der Waals surface area contributed by atoms with Crippen LogP contribution in [-0.2, 0) is 14.6 Å². The Morgan fingerprint density at radius 1 is 1.34 bits per heavy atom. The van der Waals surface area contributed by atoms with Crippen LogP contribution in [0.1, 0.15) is 17.5 Å². The van der Waals surface area contributed by atoms with Crippen LogP contribution >= 0.6 is 23.2 Å². The van der Waals surface area contributed by atoms with Crippen molar-refractivity contribution in [3.05, 3.63) is 73.6 Å². The van der Waals surface area contributed by atoms with Gasteiger partial charge in [0.1, 0.15) is 28.6 Å². The lowest BCUT2D eigenvalue weighted by atomic mass is 10.1.